The van der Waals surface area contributed by atoms with Gasteiger partial charge in [0.15, 0.2) is 0 Å². The van der Waals surface area contributed by atoms with Gasteiger partial charge in [-0.2, -0.15) is 10.5 Å². The van der Waals surface area contributed by atoms with Gasteiger partial charge in [0.2, 0.25) is 5.43 Å². The summed E-state index contributed by atoms with van der Waals surface area (Å²) in [5, 5.41) is 0. The average molecular weight is 255 g/mol. The molecule has 4 heteroatoms. The molecule has 0 heterocycles. The zero-order chi connectivity index (χ0) is 13.5. The second-order valence-corrected chi connectivity index (χ2v) is 7.96. The minimum atomic E-state index is -0.446. The van der Waals surface area contributed by atoms with E-state index in [0.717, 1.165) is 0 Å². The summed E-state index contributed by atoms with van der Waals surface area (Å²) in [6, 6.07) is 0.203. The third kappa shape index (κ3) is 2.37. The van der Waals surface area contributed by atoms with Gasteiger partial charge in [-0.1, -0.05) is 26.6 Å². The smallest absolute Gasteiger partial charge is 0.251 e. The van der Waals surface area contributed by atoms with Crippen LogP contribution in [0.15, 0.2) is 14.5 Å². The molecule has 1 rings (SSSR count). The van der Waals surface area contributed by atoms with Crippen molar-refractivity contribution >= 4 is 22.0 Å². The van der Waals surface area contributed by atoms with Crippen LogP contribution >= 0.6 is 10.5 Å². The first-order valence-electron chi connectivity index (χ1n) is 5.69. The van der Waals surface area contributed by atoms with Gasteiger partial charge >= 0.3 is 0 Å². The normalized spacial score (nSPS) is 14.3. The standard InChI is InChI=1S/C13H21NO2S/c1-8(2)14(6)9-10(15)11(16)12(9)17(7)13(3,4)5/h8H,7H2,1-6H3. The number of hydrogen-bond acceptors (Lipinski definition) is 3. The zero-order valence-corrected chi connectivity index (χ0v) is 12.3. The molecule has 1 aromatic carbocycles. The van der Waals surface area contributed by atoms with Crippen LogP contribution in [0.5, 0.6) is 0 Å². The van der Waals surface area contributed by atoms with E-state index < -0.39 is 10.5 Å². The van der Waals surface area contributed by atoms with Crippen LogP contribution in [-0.2, 0) is 0 Å². The minimum Gasteiger partial charge on any atom is -0.368 e. The molecule has 0 aliphatic heterocycles. The largest absolute Gasteiger partial charge is 0.368 e. The Hall–Kier alpha value is -0.900. The van der Waals surface area contributed by atoms with E-state index in [9.17, 15) is 9.59 Å². The van der Waals surface area contributed by atoms with Crippen LogP contribution in [0, 0.1) is 0 Å². The summed E-state index contributed by atoms with van der Waals surface area (Å²) in [6.07, 6.45) is 0. The molecule has 0 spiro atoms. The second-order valence-electron chi connectivity index (χ2n) is 5.54. The van der Waals surface area contributed by atoms with Gasteiger partial charge in [0.1, 0.15) is 5.69 Å². The molecular formula is C13H21NO2S. The van der Waals surface area contributed by atoms with Crippen LogP contribution in [0.2, 0.25) is 0 Å². The first-order valence-corrected chi connectivity index (χ1v) is 7.08. The first-order chi connectivity index (χ1) is 7.59. The third-order valence-electron chi connectivity index (χ3n) is 2.96. The maximum atomic E-state index is 11.7. The minimum absolute atomic E-state index is 0.0885. The number of nitrogens with zero attached hydrogens (tertiary/aromatic N) is 1. The average Bonchev–Trinajstić information content (AvgIpc) is 2.21. The molecular weight excluding hydrogens is 234 g/mol. The van der Waals surface area contributed by atoms with Crippen LogP contribution in [-0.4, -0.2) is 23.7 Å². The van der Waals surface area contributed by atoms with Gasteiger partial charge in [-0.3, -0.25) is 9.59 Å². The molecule has 0 saturated heterocycles. The molecule has 3 nitrogen and oxygen atoms in total. The molecule has 0 aliphatic carbocycles. The first kappa shape index (κ1) is 14.2. The molecule has 1 unspecified atom stereocenters. The van der Waals surface area contributed by atoms with E-state index in [4.69, 9.17) is 0 Å². The lowest BCUT2D eigenvalue weighted by Gasteiger charge is -2.31. The van der Waals surface area contributed by atoms with Crippen molar-refractivity contribution in [2.45, 2.75) is 50.3 Å². The van der Waals surface area contributed by atoms with Gasteiger partial charge in [0, 0.05) is 17.8 Å². The second kappa shape index (κ2) is 4.41. The van der Waals surface area contributed by atoms with Gasteiger partial charge in [0.05, 0.1) is 4.90 Å². The molecule has 96 valence electrons. The Morgan fingerprint density at radius 3 is 2.00 bits per heavy atom. The molecule has 0 radical (unpaired) electrons. The zero-order valence-electron chi connectivity index (χ0n) is 11.5. The summed E-state index contributed by atoms with van der Waals surface area (Å²) < 4.78 is -0.0885. The van der Waals surface area contributed by atoms with Gasteiger partial charge in [0.25, 0.3) is 5.43 Å². The summed E-state index contributed by atoms with van der Waals surface area (Å²) in [5.41, 5.74) is -0.138. The van der Waals surface area contributed by atoms with Crippen LogP contribution < -0.4 is 15.8 Å². The van der Waals surface area contributed by atoms with E-state index in [-0.39, 0.29) is 21.6 Å². The summed E-state index contributed by atoms with van der Waals surface area (Å²) in [4.78, 5) is 25.9. The van der Waals surface area contributed by atoms with E-state index in [2.05, 4.69) is 5.87 Å². The molecule has 0 aromatic heterocycles. The van der Waals surface area contributed by atoms with Crippen molar-refractivity contribution in [2.24, 2.45) is 0 Å². The highest BCUT2D eigenvalue weighted by Crippen LogP contribution is 2.40. The van der Waals surface area contributed by atoms with Crippen LogP contribution in [0.25, 0.3) is 0 Å². The van der Waals surface area contributed by atoms with Gasteiger partial charge in [-0.05, 0) is 13.8 Å². The monoisotopic (exact) mass is 255 g/mol. The quantitative estimate of drug-likeness (QED) is 0.612. The van der Waals surface area contributed by atoms with Gasteiger partial charge in [-0.15, -0.1) is 0 Å². The van der Waals surface area contributed by atoms with Gasteiger partial charge in [-0.25, -0.2) is 0 Å². The van der Waals surface area contributed by atoms with Crippen molar-refractivity contribution in [1.29, 1.82) is 0 Å². The fourth-order valence-electron chi connectivity index (χ4n) is 1.47. The lowest BCUT2D eigenvalue weighted by molar-refractivity contribution is 0.735. The Kier molecular flexibility index (Phi) is 3.67. The van der Waals surface area contributed by atoms with Crippen molar-refractivity contribution < 1.29 is 0 Å². The highest BCUT2D eigenvalue weighted by Gasteiger charge is 2.30. The van der Waals surface area contributed by atoms with E-state index >= 15 is 0 Å². The summed E-state index contributed by atoms with van der Waals surface area (Å²) >= 11 is 0. The van der Waals surface area contributed by atoms with Crippen molar-refractivity contribution in [3.8, 4) is 0 Å². The van der Waals surface area contributed by atoms with E-state index in [0.29, 0.717) is 10.6 Å². The Labute approximate surface area is 105 Å². The van der Waals surface area contributed by atoms with Crippen LogP contribution in [0.4, 0.5) is 5.69 Å². The SMILES string of the molecule is C=S(c1c(N(C)C(C)C)c(=O)c1=O)C(C)(C)C. The van der Waals surface area contributed by atoms with E-state index in [1.54, 1.807) is 0 Å². The number of anilines is 1. The Morgan fingerprint density at radius 1 is 1.18 bits per heavy atom. The molecule has 0 aliphatic rings. The van der Waals surface area contributed by atoms with Crippen molar-refractivity contribution in [3.05, 3.63) is 20.4 Å². The molecule has 0 N–H and O–H groups in total. The fourth-order valence-corrected chi connectivity index (χ4v) is 2.87. The molecule has 0 saturated carbocycles. The molecule has 0 fully saturated rings. The highest BCUT2D eigenvalue weighted by molar-refractivity contribution is 8.15. The Bertz CT molecular complexity index is 516. The van der Waals surface area contributed by atoms with Crippen molar-refractivity contribution in [1.82, 2.24) is 0 Å². The Balaban J connectivity index is 3.30. The molecule has 0 bridgehead atoms. The van der Waals surface area contributed by atoms with E-state index in [1.807, 2.05) is 46.6 Å². The predicted molar refractivity (Wildman–Crippen MR) is 77.6 cm³/mol. The maximum Gasteiger partial charge on any atom is 0.251 e. The number of rotatable bonds is 3. The molecule has 0 amide bonds. The lowest BCUT2D eigenvalue weighted by Crippen LogP contribution is -2.44. The lowest BCUT2D eigenvalue weighted by atomic mass is 10.2. The molecule has 1 aromatic rings. The summed E-state index contributed by atoms with van der Waals surface area (Å²) in [6.45, 7) is 10.1. The fraction of sp³-hybridized carbons (Fsp3) is 0.615. The summed E-state index contributed by atoms with van der Waals surface area (Å²) in [5.74, 6) is 4.08. The topological polar surface area (TPSA) is 37.4 Å². The maximum absolute atomic E-state index is 11.7. The van der Waals surface area contributed by atoms with Crippen LogP contribution in [0.1, 0.15) is 34.6 Å². The predicted octanol–water partition coefficient (Wildman–Crippen LogP) is 1.99. The van der Waals surface area contributed by atoms with Crippen molar-refractivity contribution in [2.75, 3.05) is 11.9 Å². The molecule has 17 heavy (non-hydrogen) atoms. The summed E-state index contributed by atoms with van der Waals surface area (Å²) in [7, 11) is 1.41. The Morgan fingerprint density at radius 2 is 1.65 bits per heavy atom. The van der Waals surface area contributed by atoms with E-state index in [1.165, 1.54) is 0 Å². The third-order valence-corrected chi connectivity index (χ3v) is 5.31. The highest BCUT2D eigenvalue weighted by atomic mass is 32.2. The van der Waals surface area contributed by atoms with Gasteiger partial charge < -0.3 is 4.90 Å². The molecule has 1 atom stereocenters. The van der Waals surface area contributed by atoms with Crippen molar-refractivity contribution in [3.63, 3.8) is 0 Å². The number of hydrogen-bond donors (Lipinski definition) is 0. The van der Waals surface area contributed by atoms with Crippen LogP contribution in [0.3, 0.4) is 0 Å².